The molecule has 0 atom stereocenters. The van der Waals surface area contributed by atoms with Crippen LogP contribution in [-0.4, -0.2) is 19.9 Å². The van der Waals surface area contributed by atoms with E-state index in [-0.39, 0.29) is 0 Å². The summed E-state index contributed by atoms with van der Waals surface area (Å²) < 4.78 is 8.83. The molecule has 216 valence electrons. The third-order valence-electron chi connectivity index (χ3n) is 8.16. The van der Waals surface area contributed by atoms with Gasteiger partial charge in [-0.1, -0.05) is 115 Å². The summed E-state index contributed by atoms with van der Waals surface area (Å²) in [6.45, 7) is 0. The minimum absolute atomic E-state index is 0.616. The van der Waals surface area contributed by atoms with Gasteiger partial charge in [-0.2, -0.15) is 0 Å². The second-order valence-electron chi connectivity index (χ2n) is 11.1. The van der Waals surface area contributed by atoms with Crippen LogP contribution in [0.15, 0.2) is 150 Å². The molecule has 0 unspecified atom stereocenters. The average molecular weight is 609 g/mol. The van der Waals surface area contributed by atoms with E-state index >= 15 is 0 Å². The second kappa shape index (κ2) is 10.9. The largest absolute Gasteiger partial charge is 0.436 e. The van der Waals surface area contributed by atoms with Gasteiger partial charge >= 0.3 is 0 Å². The lowest BCUT2D eigenvalue weighted by atomic mass is 9.99. The summed E-state index contributed by atoms with van der Waals surface area (Å²) in [6.07, 6.45) is 0. The van der Waals surface area contributed by atoms with E-state index in [1.165, 1.54) is 14.8 Å². The molecule has 0 aliphatic carbocycles. The van der Waals surface area contributed by atoms with Crippen molar-refractivity contribution in [3.05, 3.63) is 146 Å². The smallest absolute Gasteiger partial charge is 0.227 e. The first-order chi connectivity index (χ1) is 22.8. The maximum atomic E-state index is 6.45. The van der Waals surface area contributed by atoms with Crippen molar-refractivity contribution in [2.75, 3.05) is 0 Å². The van der Waals surface area contributed by atoms with Crippen LogP contribution in [0.5, 0.6) is 0 Å². The Morgan fingerprint density at radius 3 is 1.67 bits per heavy atom. The van der Waals surface area contributed by atoms with E-state index in [0.29, 0.717) is 23.4 Å². The van der Waals surface area contributed by atoms with Crippen LogP contribution >= 0.6 is 11.3 Å². The number of oxazole rings is 1. The van der Waals surface area contributed by atoms with Crippen LogP contribution in [-0.2, 0) is 0 Å². The van der Waals surface area contributed by atoms with E-state index in [9.17, 15) is 0 Å². The molecule has 0 saturated carbocycles. The summed E-state index contributed by atoms with van der Waals surface area (Å²) in [5, 5.41) is 2.29. The second-order valence-corrected chi connectivity index (χ2v) is 12.1. The third kappa shape index (κ3) is 4.55. The fraction of sp³-hybridized carbons (Fsp3) is 0. The maximum Gasteiger partial charge on any atom is 0.227 e. The predicted molar refractivity (Wildman–Crippen MR) is 187 cm³/mol. The molecular formula is C40H24N4OS. The molecule has 9 rings (SSSR count). The lowest BCUT2D eigenvalue weighted by Gasteiger charge is -2.10. The van der Waals surface area contributed by atoms with Crippen molar-refractivity contribution in [1.29, 1.82) is 0 Å². The van der Waals surface area contributed by atoms with E-state index in [1.807, 2.05) is 91.0 Å². The number of rotatable bonds is 5. The van der Waals surface area contributed by atoms with Gasteiger partial charge in [0.25, 0.3) is 0 Å². The highest BCUT2D eigenvalue weighted by Gasteiger charge is 2.20. The van der Waals surface area contributed by atoms with E-state index in [2.05, 4.69) is 54.6 Å². The molecule has 0 aliphatic heterocycles. The van der Waals surface area contributed by atoms with Crippen LogP contribution < -0.4 is 0 Å². The van der Waals surface area contributed by atoms with E-state index in [4.69, 9.17) is 24.4 Å². The standard InChI is InChI=1S/C40H24N4OS/c1-4-13-25(14-5-1)37-42-38(26-15-6-2-7-16-26)44-39(43-37)29-20-12-19-28(23-29)31-24-32-35(41-40(45-32)27-17-8-3-9-18-27)34-30-21-10-11-22-33(30)46-36(31)34/h1-24H. The van der Waals surface area contributed by atoms with Gasteiger partial charge in [0.1, 0.15) is 5.52 Å². The van der Waals surface area contributed by atoms with Gasteiger partial charge in [0.2, 0.25) is 5.89 Å². The molecule has 0 saturated heterocycles. The van der Waals surface area contributed by atoms with Crippen LogP contribution in [0.25, 0.3) is 88.0 Å². The number of fused-ring (bicyclic) bond motifs is 5. The normalized spacial score (nSPS) is 11.5. The van der Waals surface area contributed by atoms with Gasteiger partial charge in [0.05, 0.1) is 0 Å². The zero-order valence-electron chi connectivity index (χ0n) is 24.5. The zero-order chi connectivity index (χ0) is 30.5. The highest BCUT2D eigenvalue weighted by atomic mass is 32.1. The molecule has 0 radical (unpaired) electrons. The summed E-state index contributed by atoms with van der Waals surface area (Å²) in [4.78, 5) is 19.8. The van der Waals surface area contributed by atoms with Crippen molar-refractivity contribution in [2.45, 2.75) is 0 Å². The van der Waals surface area contributed by atoms with Gasteiger partial charge in [0.15, 0.2) is 23.1 Å². The van der Waals surface area contributed by atoms with Crippen molar-refractivity contribution in [3.63, 3.8) is 0 Å². The molecule has 0 aliphatic rings. The maximum absolute atomic E-state index is 6.45. The number of thiophene rings is 1. The van der Waals surface area contributed by atoms with Crippen LogP contribution in [0, 0.1) is 0 Å². The lowest BCUT2D eigenvalue weighted by Crippen LogP contribution is -2.00. The molecule has 0 amide bonds. The van der Waals surface area contributed by atoms with Crippen molar-refractivity contribution >= 4 is 42.6 Å². The summed E-state index contributed by atoms with van der Waals surface area (Å²) in [5.41, 5.74) is 7.52. The Balaban J connectivity index is 1.25. The van der Waals surface area contributed by atoms with Crippen molar-refractivity contribution in [3.8, 4) is 56.7 Å². The van der Waals surface area contributed by atoms with E-state index < -0.39 is 0 Å². The lowest BCUT2D eigenvalue weighted by molar-refractivity contribution is 0.620. The quantitative estimate of drug-likeness (QED) is 0.194. The van der Waals surface area contributed by atoms with Crippen molar-refractivity contribution < 1.29 is 4.42 Å². The molecule has 0 fully saturated rings. The fourth-order valence-corrected chi connectivity index (χ4v) is 7.20. The Hall–Kier alpha value is -5.98. The summed E-state index contributed by atoms with van der Waals surface area (Å²) >= 11 is 1.78. The molecule has 0 bridgehead atoms. The van der Waals surface area contributed by atoms with E-state index in [1.54, 1.807) is 11.3 Å². The number of aromatic nitrogens is 4. The Kier molecular flexibility index (Phi) is 6.25. The SMILES string of the molecule is c1ccc(-c2nc(-c3ccccc3)nc(-c3cccc(-c4cc5oc(-c6ccccc6)nc5c5c4sc4ccccc45)c3)n2)cc1. The Labute approximate surface area is 268 Å². The van der Waals surface area contributed by atoms with Crippen LogP contribution in [0.2, 0.25) is 0 Å². The average Bonchev–Trinajstić information content (AvgIpc) is 3.74. The van der Waals surface area contributed by atoms with Crippen molar-refractivity contribution in [2.24, 2.45) is 0 Å². The summed E-state index contributed by atoms with van der Waals surface area (Å²) in [5.74, 6) is 2.51. The van der Waals surface area contributed by atoms with Crippen LogP contribution in [0.3, 0.4) is 0 Å². The Morgan fingerprint density at radius 2 is 1.00 bits per heavy atom. The monoisotopic (exact) mass is 608 g/mol. The van der Waals surface area contributed by atoms with Crippen LogP contribution in [0.4, 0.5) is 0 Å². The molecular weight excluding hydrogens is 585 g/mol. The number of hydrogen-bond acceptors (Lipinski definition) is 6. The number of nitrogens with zero attached hydrogens (tertiary/aromatic N) is 4. The third-order valence-corrected chi connectivity index (χ3v) is 9.36. The highest BCUT2D eigenvalue weighted by molar-refractivity contribution is 7.26. The highest BCUT2D eigenvalue weighted by Crippen LogP contribution is 2.45. The molecule has 0 spiro atoms. The van der Waals surface area contributed by atoms with Gasteiger partial charge in [0, 0.05) is 48.0 Å². The van der Waals surface area contributed by atoms with Crippen LogP contribution in [0.1, 0.15) is 0 Å². The fourth-order valence-electron chi connectivity index (χ4n) is 5.96. The number of benzene rings is 6. The predicted octanol–water partition coefficient (Wildman–Crippen LogP) is 10.7. The molecule has 6 heteroatoms. The zero-order valence-corrected chi connectivity index (χ0v) is 25.3. The molecule has 5 nitrogen and oxygen atoms in total. The molecule has 0 N–H and O–H groups in total. The van der Waals surface area contributed by atoms with Gasteiger partial charge < -0.3 is 4.42 Å². The van der Waals surface area contributed by atoms with Gasteiger partial charge in [-0.25, -0.2) is 19.9 Å². The molecule has 6 aromatic carbocycles. The number of hydrogen-bond donors (Lipinski definition) is 0. The first-order valence-corrected chi connectivity index (χ1v) is 15.9. The minimum atomic E-state index is 0.616. The van der Waals surface area contributed by atoms with Gasteiger partial charge in [-0.15, -0.1) is 11.3 Å². The van der Waals surface area contributed by atoms with Crippen molar-refractivity contribution in [1.82, 2.24) is 19.9 Å². The first-order valence-electron chi connectivity index (χ1n) is 15.1. The minimum Gasteiger partial charge on any atom is -0.436 e. The topological polar surface area (TPSA) is 64.7 Å². The Bertz CT molecular complexity index is 2470. The molecule has 46 heavy (non-hydrogen) atoms. The van der Waals surface area contributed by atoms with Gasteiger partial charge in [-0.05, 0) is 35.9 Å². The summed E-state index contributed by atoms with van der Waals surface area (Å²) in [6, 6.07) is 49.2. The van der Waals surface area contributed by atoms with Gasteiger partial charge in [-0.3, -0.25) is 0 Å². The molecule has 3 aromatic heterocycles. The molecule has 9 aromatic rings. The Morgan fingerprint density at radius 1 is 0.457 bits per heavy atom. The summed E-state index contributed by atoms with van der Waals surface area (Å²) in [7, 11) is 0. The van der Waals surface area contributed by atoms with E-state index in [0.717, 1.165) is 49.9 Å². The molecule has 3 heterocycles. The first kappa shape index (κ1) is 26.4.